The molecule has 0 aromatic rings. The number of hydrogen-bond donors (Lipinski definition) is 1. The molecular weight excluding hydrogens is 192 g/mol. The molecule has 0 unspecified atom stereocenters. The van der Waals surface area contributed by atoms with E-state index in [1.165, 1.54) is 0 Å². The summed E-state index contributed by atoms with van der Waals surface area (Å²) in [5, 5.41) is 8.68. The molecule has 0 aromatic heterocycles. The van der Waals surface area contributed by atoms with Crippen molar-refractivity contribution in [1.29, 1.82) is 0 Å². The van der Waals surface area contributed by atoms with Gasteiger partial charge in [-0.1, -0.05) is 19.8 Å². The third-order valence-corrected chi connectivity index (χ3v) is 2.00. The summed E-state index contributed by atoms with van der Waals surface area (Å²) < 4.78 is 5.44. The Morgan fingerprint density at radius 1 is 1.40 bits per heavy atom. The lowest BCUT2D eigenvalue weighted by Crippen LogP contribution is -1.99. The molecule has 0 saturated heterocycles. The van der Waals surface area contributed by atoms with Gasteiger partial charge in [0.1, 0.15) is 5.76 Å². The maximum absolute atomic E-state index is 10.6. The number of hydrogen-bond acceptors (Lipinski definition) is 2. The van der Waals surface area contributed by atoms with Crippen LogP contribution in [0, 0.1) is 0 Å². The van der Waals surface area contributed by atoms with E-state index in [2.05, 4.69) is 6.92 Å². The molecule has 0 fully saturated rings. The van der Waals surface area contributed by atoms with E-state index in [9.17, 15) is 4.79 Å². The molecule has 0 rings (SSSR count). The molecule has 0 bridgehead atoms. The van der Waals surface area contributed by atoms with Crippen molar-refractivity contribution in [2.24, 2.45) is 0 Å². The monoisotopic (exact) mass is 212 g/mol. The van der Waals surface area contributed by atoms with Crippen molar-refractivity contribution < 1.29 is 14.6 Å². The highest BCUT2D eigenvalue weighted by Crippen LogP contribution is 2.06. The molecule has 15 heavy (non-hydrogen) atoms. The van der Waals surface area contributed by atoms with Gasteiger partial charge in [0.05, 0.1) is 6.61 Å². The molecule has 3 heteroatoms. The number of aliphatic carboxylic acids is 1. The Kier molecular flexibility index (Phi) is 7.42. The minimum absolute atomic E-state index is 0.290. The first-order valence-electron chi connectivity index (χ1n) is 5.32. The summed E-state index contributed by atoms with van der Waals surface area (Å²) >= 11 is 0. The highest BCUT2D eigenvalue weighted by Gasteiger charge is 2.01. The minimum atomic E-state index is -0.911. The molecule has 86 valence electrons. The fourth-order valence-electron chi connectivity index (χ4n) is 1.03. The van der Waals surface area contributed by atoms with Gasteiger partial charge in [-0.2, -0.15) is 0 Å². The highest BCUT2D eigenvalue weighted by molar-refractivity contribution is 5.86. The summed E-state index contributed by atoms with van der Waals surface area (Å²) in [4.78, 5) is 10.6. The first-order chi connectivity index (χ1) is 7.11. The lowest BCUT2D eigenvalue weighted by Gasteiger charge is -2.06. The van der Waals surface area contributed by atoms with E-state index in [0.717, 1.165) is 19.3 Å². The van der Waals surface area contributed by atoms with E-state index >= 15 is 0 Å². The van der Waals surface area contributed by atoms with E-state index in [4.69, 9.17) is 9.84 Å². The van der Waals surface area contributed by atoms with Crippen molar-refractivity contribution in [2.75, 3.05) is 6.61 Å². The SMILES string of the molecule is C/C=C(\C=C(/C)C(=O)O)OCCCCC. The summed E-state index contributed by atoms with van der Waals surface area (Å²) in [7, 11) is 0. The van der Waals surface area contributed by atoms with Gasteiger partial charge in [-0.05, 0) is 32.4 Å². The second-order valence-electron chi connectivity index (χ2n) is 3.38. The molecule has 0 saturated carbocycles. The van der Waals surface area contributed by atoms with Crippen molar-refractivity contribution >= 4 is 5.97 Å². The molecule has 0 heterocycles. The van der Waals surface area contributed by atoms with Crippen LogP contribution in [0.15, 0.2) is 23.5 Å². The minimum Gasteiger partial charge on any atom is -0.494 e. The Hall–Kier alpha value is -1.25. The third kappa shape index (κ3) is 6.77. The van der Waals surface area contributed by atoms with Gasteiger partial charge in [-0.15, -0.1) is 0 Å². The first-order valence-corrected chi connectivity index (χ1v) is 5.32. The number of rotatable bonds is 7. The van der Waals surface area contributed by atoms with E-state index in [-0.39, 0.29) is 0 Å². The number of allylic oxidation sites excluding steroid dienone is 2. The van der Waals surface area contributed by atoms with E-state index in [1.54, 1.807) is 19.1 Å². The molecule has 0 atom stereocenters. The molecule has 0 aliphatic carbocycles. The average Bonchev–Trinajstić information content (AvgIpc) is 2.22. The molecule has 3 nitrogen and oxygen atoms in total. The van der Waals surface area contributed by atoms with Crippen LogP contribution in [0.1, 0.15) is 40.0 Å². The van der Waals surface area contributed by atoms with Crippen molar-refractivity contribution in [2.45, 2.75) is 40.0 Å². The van der Waals surface area contributed by atoms with Crippen molar-refractivity contribution in [1.82, 2.24) is 0 Å². The third-order valence-electron chi connectivity index (χ3n) is 2.00. The Labute approximate surface area is 91.4 Å². The van der Waals surface area contributed by atoms with E-state index < -0.39 is 5.97 Å². The lowest BCUT2D eigenvalue weighted by atomic mass is 10.2. The molecule has 0 radical (unpaired) electrons. The van der Waals surface area contributed by atoms with Gasteiger partial charge >= 0.3 is 5.97 Å². The predicted octanol–water partition coefficient (Wildman–Crippen LogP) is 3.13. The summed E-state index contributed by atoms with van der Waals surface area (Å²) in [5.41, 5.74) is 0.290. The summed E-state index contributed by atoms with van der Waals surface area (Å²) in [6, 6.07) is 0. The van der Waals surface area contributed by atoms with Gasteiger partial charge < -0.3 is 9.84 Å². The van der Waals surface area contributed by atoms with Crippen LogP contribution in [0.5, 0.6) is 0 Å². The zero-order chi connectivity index (χ0) is 11.7. The van der Waals surface area contributed by atoms with Gasteiger partial charge in [-0.25, -0.2) is 4.79 Å². The van der Waals surface area contributed by atoms with E-state index in [0.29, 0.717) is 17.9 Å². The number of carboxylic acid groups (broad SMARTS) is 1. The number of carbonyl (C=O) groups is 1. The van der Waals surface area contributed by atoms with Crippen molar-refractivity contribution in [3.8, 4) is 0 Å². The predicted molar refractivity (Wildman–Crippen MR) is 60.6 cm³/mol. The van der Waals surface area contributed by atoms with Crippen LogP contribution in [-0.2, 0) is 9.53 Å². The first kappa shape index (κ1) is 13.8. The van der Waals surface area contributed by atoms with Gasteiger partial charge in [-0.3, -0.25) is 0 Å². The zero-order valence-electron chi connectivity index (χ0n) is 9.75. The van der Waals surface area contributed by atoms with Crippen molar-refractivity contribution in [3.05, 3.63) is 23.5 Å². The zero-order valence-corrected chi connectivity index (χ0v) is 9.75. The number of ether oxygens (including phenoxy) is 1. The number of carboxylic acids is 1. The van der Waals surface area contributed by atoms with Gasteiger partial charge in [0.25, 0.3) is 0 Å². The maximum Gasteiger partial charge on any atom is 0.331 e. The van der Waals surface area contributed by atoms with Crippen LogP contribution >= 0.6 is 0 Å². The van der Waals surface area contributed by atoms with Crippen LogP contribution in [0.4, 0.5) is 0 Å². The Morgan fingerprint density at radius 3 is 2.53 bits per heavy atom. The van der Waals surface area contributed by atoms with Crippen LogP contribution < -0.4 is 0 Å². The molecule has 0 aliphatic heterocycles. The second-order valence-corrected chi connectivity index (χ2v) is 3.38. The van der Waals surface area contributed by atoms with E-state index in [1.807, 2.05) is 6.92 Å². The quantitative estimate of drug-likeness (QED) is 0.305. The molecular formula is C12H20O3. The smallest absolute Gasteiger partial charge is 0.331 e. The van der Waals surface area contributed by atoms with Crippen LogP contribution in [-0.4, -0.2) is 17.7 Å². The Morgan fingerprint density at radius 2 is 2.07 bits per heavy atom. The fraction of sp³-hybridized carbons (Fsp3) is 0.583. The fourth-order valence-corrected chi connectivity index (χ4v) is 1.03. The second kappa shape index (κ2) is 8.09. The molecule has 1 N–H and O–H groups in total. The summed E-state index contributed by atoms with van der Waals surface area (Å²) in [5.74, 6) is -0.280. The van der Waals surface area contributed by atoms with Gasteiger partial charge in [0, 0.05) is 5.57 Å². The Bertz CT molecular complexity index is 252. The van der Waals surface area contributed by atoms with Crippen molar-refractivity contribution in [3.63, 3.8) is 0 Å². The van der Waals surface area contributed by atoms with Gasteiger partial charge in [0.15, 0.2) is 0 Å². The van der Waals surface area contributed by atoms with Crippen LogP contribution in [0.3, 0.4) is 0 Å². The lowest BCUT2D eigenvalue weighted by molar-refractivity contribution is -0.132. The summed E-state index contributed by atoms with van der Waals surface area (Å²) in [6.45, 7) is 6.17. The maximum atomic E-state index is 10.6. The molecule has 0 spiro atoms. The molecule has 0 amide bonds. The normalized spacial score (nSPS) is 12.7. The average molecular weight is 212 g/mol. The highest BCUT2D eigenvalue weighted by atomic mass is 16.5. The van der Waals surface area contributed by atoms with Gasteiger partial charge in [0.2, 0.25) is 0 Å². The standard InChI is InChI=1S/C12H20O3/c1-4-6-7-8-15-11(5-2)9-10(3)12(13)14/h5,9H,4,6-8H2,1-3H3,(H,13,14)/b10-9+,11-5+. The largest absolute Gasteiger partial charge is 0.494 e. The van der Waals surface area contributed by atoms with Crippen LogP contribution in [0.2, 0.25) is 0 Å². The Balaban J connectivity index is 4.05. The molecule has 0 aromatic carbocycles. The number of unbranched alkanes of at least 4 members (excludes halogenated alkanes) is 2. The summed E-state index contributed by atoms with van der Waals surface area (Å²) in [6.07, 6.45) is 6.62. The molecule has 0 aliphatic rings. The van der Waals surface area contributed by atoms with Crippen LogP contribution in [0.25, 0.3) is 0 Å². The topological polar surface area (TPSA) is 46.5 Å².